The van der Waals surface area contributed by atoms with Crippen LogP contribution in [0.25, 0.3) is 0 Å². The highest BCUT2D eigenvalue weighted by molar-refractivity contribution is 7.99. The summed E-state index contributed by atoms with van der Waals surface area (Å²) in [5.41, 5.74) is 1.05. The van der Waals surface area contributed by atoms with E-state index >= 15 is 0 Å². The molecule has 0 saturated carbocycles. The number of hydrogen-bond acceptors (Lipinski definition) is 3. The van der Waals surface area contributed by atoms with Gasteiger partial charge in [0.15, 0.2) is 0 Å². The first-order valence-corrected chi connectivity index (χ1v) is 7.38. The summed E-state index contributed by atoms with van der Waals surface area (Å²) < 4.78 is 0. The van der Waals surface area contributed by atoms with Crippen LogP contribution in [-0.2, 0) is 10.5 Å². The molecule has 2 N–H and O–H groups in total. The zero-order valence-corrected chi connectivity index (χ0v) is 12.0. The van der Waals surface area contributed by atoms with Gasteiger partial charge in [-0.25, -0.2) is 4.79 Å². The normalized spacial score (nSPS) is 11.9. The van der Waals surface area contributed by atoms with Crippen molar-refractivity contribution in [3.05, 3.63) is 35.4 Å². The summed E-state index contributed by atoms with van der Waals surface area (Å²) in [6.07, 6.45) is 0.901. The molecule has 0 aromatic heterocycles. The highest BCUT2D eigenvalue weighted by Gasteiger charge is 2.10. The lowest BCUT2D eigenvalue weighted by molar-refractivity contribution is -0.119. The van der Waals surface area contributed by atoms with Gasteiger partial charge in [0.05, 0.1) is 11.3 Å². The summed E-state index contributed by atoms with van der Waals surface area (Å²) in [6.45, 7) is 3.98. The van der Waals surface area contributed by atoms with Gasteiger partial charge in [-0.05, 0) is 25.0 Å². The first kappa shape index (κ1) is 15.6. The number of carbonyl (C=O) groups is 2. The van der Waals surface area contributed by atoms with Gasteiger partial charge in [-0.15, -0.1) is 11.8 Å². The van der Waals surface area contributed by atoms with Crippen LogP contribution < -0.4 is 5.32 Å². The van der Waals surface area contributed by atoms with E-state index in [0.29, 0.717) is 17.1 Å². The van der Waals surface area contributed by atoms with Crippen molar-refractivity contribution in [1.29, 1.82) is 0 Å². The second kappa shape index (κ2) is 7.84. The number of benzene rings is 1. The maximum atomic E-state index is 11.6. The van der Waals surface area contributed by atoms with Gasteiger partial charge < -0.3 is 10.4 Å². The van der Waals surface area contributed by atoms with E-state index < -0.39 is 5.97 Å². The number of carboxylic acids is 1. The summed E-state index contributed by atoms with van der Waals surface area (Å²) >= 11 is 1.42. The minimum atomic E-state index is -0.930. The van der Waals surface area contributed by atoms with Gasteiger partial charge in [0, 0.05) is 11.8 Å². The molecule has 0 saturated heterocycles. The molecule has 0 spiro atoms. The molecule has 0 aliphatic heterocycles. The molecule has 0 bridgehead atoms. The lowest BCUT2D eigenvalue weighted by atomic mass is 10.1. The number of thioether (sulfide) groups is 1. The van der Waals surface area contributed by atoms with E-state index in [0.717, 1.165) is 12.0 Å². The van der Waals surface area contributed by atoms with Gasteiger partial charge in [0.25, 0.3) is 0 Å². The fourth-order valence-corrected chi connectivity index (χ4v) is 2.37. The second-order valence-corrected chi connectivity index (χ2v) is 5.32. The van der Waals surface area contributed by atoms with E-state index in [1.165, 1.54) is 11.8 Å². The predicted molar refractivity (Wildman–Crippen MR) is 77.5 cm³/mol. The van der Waals surface area contributed by atoms with Crippen molar-refractivity contribution in [3.8, 4) is 0 Å². The Balaban J connectivity index is 2.45. The average Bonchev–Trinajstić information content (AvgIpc) is 2.38. The minimum absolute atomic E-state index is 0.00726. The topological polar surface area (TPSA) is 66.4 Å². The number of rotatable bonds is 7. The third kappa shape index (κ3) is 5.34. The maximum absolute atomic E-state index is 11.6. The van der Waals surface area contributed by atoms with Gasteiger partial charge in [-0.2, -0.15) is 0 Å². The molecule has 5 heteroatoms. The molecule has 19 heavy (non-hydrogen) atoms. The first-order valence-electron chi connectivity index (χ1n) is 6.23. The van der Waals surface area contributed by atoms with Gasteiger partial charge in [0.2, 0.25) is 5.91 Å². The van der Waals surface area contributed by atoms with Crippen LogP contribution in [0.2, 0.25) is 0 Å². The molecule has 0 aliphatic rings. The van der Waals surface area contributed by atoms with E-state index in [1.54, 1.807) is 18.2 Å². The zero-order valence-electron chi connectivity index (χ0n) is 11.2. The molecule has 1 atom stereocenters. The summed E-state index contributed by atoms with van der Waals surface area (Å²) in [5, 5.41) is 11.9. The van der Waals surface area contributed by atoms with E-state index in [2.05, 4.69) is 5.32 Å². The molecule has 0 fully saturated rings. The molecular weight excluding hydrogens is 262 g/mol. The van der Waals surface area contributed by atoms with Crippen molar-refractivity contribution in [1.82, 2.24) is 5.32 Å². The van der Waals surface area contributed by atoms with Gasteiger partial charge >= 0.3 is 5.97 Å². The van der Waals surface area contributed by atoms with Crippen molar-refractivity contribution in [2.45, 2.75) is 32.1 Å². The van der Waals surface area contributed by atoms with Crippen LogP contribution in [0.15, 0.2) is 24.3 Å². The Morgan fingerprint density at radius 1 is 1.37 bits per heavy atom. The largest absolute Gasteiger partial charge is 0.478 e. The molecule has 104 valence electrons. The van der Waals surface area contributed by atoms with Crippen LogP contribution in [0, 0.1) is 0 Å². The van der Waals surface area contributed by atoms with E-state index in [9.17, 15) is 9.59 Å². The Bertz CT molecular complexity index is 448. The predicted octanol–water partition coefficient (Wildman–Crippen LogP) is 2.53. The number of carbonyl (C=O) groups excluding carboxylic acids is 1. The average molecular weight is 281 g/mol. The summed E-state index contributed by atoms with van der Waals surface area (Å²) in [7, 11) is 0. The third-order valence-corrected chi connectivity index (χ3v) is 3.74. The number of amides is 1. The molecule has 1 amide bonds. The number of aromatic carboxylic acids is 1. The van der Waals surface area contributed by atoms with Gasteiger partial charge in [-0.1, -0.05) is 25.1 Å². The molecule has 1 aromatic rings. The molecule has 1 rings (SSSR count). The first-order chi connectivity index (χ1) is 9.04. The van der Waals surface area contributed by atoms with E-state index in [1.807, 2.05) is 19.9 Å². The Hall–Kier alpha value is -1.49. The standard InChI is InChI=1S/C14H19NO3S/c1-3-10(2)15-13(16)9-19-8-11-6-4-5-7-12(11)14(17)18/h4-7,10H,3,8-9H2,1-2H3,(H,15,16)(H,17,18). The fraction of sp³-hybridized carbons (Fsp3) is 0.429. The zero-order chi connectivity index (χ0) is 14.3. The maximum Gasteiger partial charge on any atom is 0.335 e. The fourth-order valence-electron chi connectivity index (χ4n) is 1.53. The minimum Gasteiger partial charge on any atom is -0.478 e. The lowest BCUT2D eigenvalue weighted by Gasteiger charge is -2.11. The Morgan fingerprint density at radius 2 is 2.05 bits per heavy atom. The Kier molecular flexibility index (Phi) is 6.42. The van der Waals surface area contributed by atoms with Crippen LogP contribution in [0.5, 0.6) is 0 Å². The van der Waals surface area contributed by atoms with E-state index in [4.69, 9.17) is 5.11 Å². The number of hydrogen-bond donors (Lipinski definition) is 2. The highest BCUT2D eigenvalue weighted by atomic mass is 32.2. The van der Waals surface area contributed by atoms with Crippen LogP contribution in [-0.4, -0.2) is 28.8 Å². The monoisotopic (exact) mass is 281 g/mol. The Labute approximate surface area is 117 Å². The van der Waals surface area contributed by atoms with Crippen molar-refractivity contribution in [3.63, 3.8) is 0 Å². The van der Waals surface area contributed by atoms with Crippen molar-refractivity contribution in [2.24, 2.45) is 0 Å². The van der Waals surface area contributed by atoms with Crippen LogP contribution in [0.1, 0.15) is 36.2 Å². The van der Waals surface area contributed by atoms with Crippen LogP contribution >= 0.6 is 11.8 Å². The van der Waals surface area contributed by atoms with Crippen LogP contribution in [0.3, 0.4) is 0 Å². The third-order valence-electron chi connectivity index (χ3n) is 2.76. The summed E-state index contributed by atoms with van der Waals surface area (Å²) in [5.74, 6) is -0.0678. The Morgan fingerprint density at radius 3 is 2.68 bits per heavy atom. The van der Waals surface area contributed by atoms with Crippen molar-refractivity contribution in [2.75, 3.05) is 5.75 Å². The molecule has 0 radical (unpaired) electrons. The summed E-state index contributed by atoms with van der Waals surface area (Å²) in [4.78, 5) is 22.6. The van der Waals surface area contributed by atoms with E-state index in [-0.39, 0.29) is 11.9 Å². The smallest absolute Gasteiger partial charge is 0.335 e. The number of nitrogens with one attached hydrogen (secondary N) is 1. The van der Waals surface area contributed by atoms with Crippen molar-refractivity contribution >= 4 is 23.6 Å². The molecule has 1 aromatic carbocycles. The molecule has 1 unspecified atom stereocenters. The number of carboxylic acid groups (broad SMARTS) is 1. The lowest BCUT2D eigenvalue weighted by Crippen LogP contribution is -2.33. The van der Waals surface area contributed by atoms with Crippen LogP contribution in [0.4, 0.5) is 0 Å². The second-order valence-electron chi connectivity index (χ2n) is 4.33. The van der Waals surface area contributed by atoms with Crippen molar-refractivity contribution < 1.29 is 14.7 Å². The quantitative estimate of drug-likeness (QED) is 0.806. The molecule has 0 heterocycles. The molecular formula is C14H19NO3S. The van der Waals surface area contributed by atoms with Gasteiger partial charge in [-0.3, -0.25) is 4.79 Å². The highest BCUT2D eigenvalue weighted by Crippen LogP contribution is 2.16. The SMILES string of the molecule is CCC(C)NC(=O)CSCc1ccccc1C(=O)O. The molecule has 0 aliphatic carbocycles. The van der Waals surface area contributed by atoms with Gasteiger partial charge in [0.1, 0.15) is 0 Å². The molecule has 4 nitrogen and oxygen atoms in total. The summed E-state index contributed by atoms with van der Waals surface area (Å²) in [6, 6.07) is 7.05.